The molecule has 19 heavy (non-hydrogen) atoms. The van der Waals surface area contributed by atoms with Crippen molar-refractivity contribution in [1.29, 1.82) is 0 Å². The minimum atomic E-state index is -0.283. The molecule has 1 aromatic carbocycles. The molecule has 7 heteroatoms. The highest BCUT2D eigenvalue weighted by atomic mass is 127. The molecular weight excluding hydrogens is 380 g/mol. The first kappa shape index (κ1) is 14.4. The molecule has 1 heterocycles. The van der Waals surface area contributed by atoms with E-state index >= 15 is 0 Å². The van der Waals surface area contributed by atoms with Gasteiger partial charge in [-0.15, -0.1) is 0 Å². The number of hydrogen-bond acceptors (Lipinski definition) is 2. The van der Waals surface area contributed by atoms with Crippen LogP contribution in [0.1, 0.15) is 6.42 Å². The van der Waals surface area contributed by atoms with Crippen molar-refractivity contribution in [3.8, 4) is 0 Å². The molecule has 1 aromatic heterocycles. The maximum absolute atomic E-state index is 13.6. The number of fused-ring (bicyclic) bond motifs is 1. The SMILES string of the molecule is CN(C)C(=O)CCn1c(=S)[nH]c2cc(I)c(F)cc21. The predicted octanol–water partition coefficient (Wildman–Crippen LogP) is 2.92. The average Bonchev–Trinajstić information content (AvgIpc) is 2.62. The van der Waals surface area contributed by atoms with Crippen LogP contribution >= 0.6 is 34.8 Å². The van der Waals surface area contributed by atoms with Gasteiger partial charge in [-0.3, -0.25) is 4.79 Å². The van der Waals surface area contributed by atoms with Crippen molar-refractivity contribution in [3.05, 3.63) is 26.3 Å². The number of hydrogen-bond donors (Lipinski definition) is 1. The van der Waals surface area contributed by atoms with Gasteiger partial charge < -0.3 is 14.5 Å². The zero-order valence-corrected chi connectivity index (χ0v) is 13.5. The minimum absolute atomic E-state index is 0.0160. The zero-order chi connectivity index (χ0) is 14.2. The van der Waals surface area contributed by atoms with Crippen molar-refractivity contribution in [2.75, 3.05) is 14.1 Å². The van der Waals surface area contributed by atoms with Crippen LogP contribution in [-0.4, -0.2) is 34.5 Å². The number of H-pyrrole nitrogens is 1. The Labute approximate surface area is 128 Å². The number of aryl methyl sites for hydroxylation is 1. The van der Waals surface area contributed by atoms with Crippen LogP contribution in [0.15, 0.2) is 12.1 Å². The number of aromatic amines is 1. The Morgan fingerprint density at radius 2 is 2.21 bits per heavy atom. The molecule has 1 amide bonds. The Kier molecular flexibility index (Phi) is 4.24. The molecule has 0 bridgehead atoms. The highest BCUT2D eigenvalue weighted by molar-refractivity contribution is 14.1. The second-order valence-electron chi connectivity index (χ2n) is 4.40. The molecule has 2 rings (SSSR count). The lowest BCUT2D eigenvalue weighted by molar-refractivity contribution is -0.128. The summed E-state index contributed by atoms with van der Waals surface area (Å²) >= 11 is 7.15. The Morgan fingerprint density at radius 1 is 1.53 bits per heavy atom. The normalized spacial score (nSPS) is 10.9. The second-order valence-corrected chi connectivity index (χ2v) is 5.95. The standard InChI is InChI=1S/C12H13FIN3OS/c1-16(2)11(18)3-4-17-10-5-7(13)8(14)6-9(10)15-12(17)19/h5-6H,3-4H2,1-2H3,(H,15,19). The molecule has 0 saturated heterocycles. The van der Waals surface area contributed by atoms with Gasteiger partial charge in [-0.05, 0) is 40.9 Å². The highest BCUT2D eigenvalue weighted by Crippen LogP contribution is 2.21. The Hall–Kier alpha value is -0.960. The lowest BCUT2D eigenvalue weighted by Crippen LogP contribution is -2.22. The van der Waals surface area contributed by atoms with E-state index in [2.05, 4.69) is 4.98 Å². The van der Waals surface area contributed by atoms with Crippen LogP contribution in [0, 0.1) is 14.2 Å². The second kappa shape index (κ2) is 5.58. The molecule has 0 spiro atoms. The monoisotopic (exact) mass is 393 g/mol. The molecule has 0 atom stereocenters. The van der Waals surface area contributed by atoms with Crippen LogP contribution in [-0.2, 0) is 11.3 Å². The van der Waals surface area contributed by atoms with E-state index < -0.39 is 0 Å². The first-order valence-corrected chi connectivity index (χ1v) is 7.16. The van der Waals surface area contributed by atoms with E-state index in [9.17, 15) is 9.18 Å². The molecule has 102 valence electrons. The molecule has 0 aliphatic rings. The maximum atomic E-state index is 13.6. The van der Waals surface area contributed by atoms with Crippen molar-refractivity contribution >= 4 is 51.7 Å². The summed E-state index contributed by atoms with van der Waals surface area (Å²) in [6, 6.07) is 3.16. The van der Waals surface area contributed by atoms with Crippen molar-refractivity contribution in [1.82, 2.24) is 14.5 Å². The summed E-state index contributed by atoms with van der Waals surface area (Å²) in [4.78, 5) is 16.2. The third kappa shape index (κ3) is 2.97. The largest absolute Gasteiger partial charge is 0.349 e. The van der Waals surface area contributed by atoms with E-state index in [1.807, 2.05) is 22.6 Å². The number of halogens is 2. The topological polar surface area (TPSA) is 41.0 Å². The van der Waals surface area contributed by atoms with Gasteiger partial charge in [0.25, 0.3) is 0 Å². The molecule has 1 N–H and O–H groups in total. The van der Waals surface area contributed by atoms with Gasteiger partial charge in [0.05, 0.1) is 14.6 Å². The van der Waals surface area contributed by atoms with E-state index in [-0.39, 0.29) is 11.7 Å². The summed E-state index contributed by atoms with van der Waals surface area (Å²) in [5.74, 6) is -0.267. The minimum Gasteiger partial charge on any atom is -0.349 e. The third-order valence-electron chi connectivity index (χ3n) is 2.86. The molecule has 0 fully saturated rings. The molecular formula is C12H13FIN3OS. The van der Waals surface area contributed by atoms with Gasteiger partial charge in [0.15, 0.2) is 4.77 Å². The van der Waals surface area contributed by atoms with E-state index in [4.69, 9.17) is 12.2 Å². The molecule has 0 radical (unpaired) electrons. The number of aromatic nitrogens is 2. The lowest BCUT2D eigenvalue weighted by atomic mass is 10.3. The summed E-state index contributed by atoms with van der Waals surface area (Å²) in [6.45, 7) is 0.440. The van der Waals surface area contributed by atoms with Crippen LogP contribution in [0.3, 0.4) is 0 Å². The number of rotatable bonds is 3. The van der Waals surface area contributed by atoms with E-state index in [1.165, 1.54) is 11.0 Å². The van der Waals surface area contributed by atoms with Gasteiger partial charge in [-0.25, -0.2) is 4.39 Å². The smallest absolute Gasteiger partial charge is 0.223 e. The van der Waals surface area contributed by atoms with Crippen molar-refractivity contribution in [2.45, 2.75) is 13.0 Å². The first-order chi connectivity index (χ1) is 8.90. The number of nitrogens with one attached hydrogen (secondary N) is 1. The number of carbonyl (C=O) groups is 1. The van der Waals surface area contributed by atoms with Crippen molar-refractivity contribution < 1.29 is 9.18 Å². The molecule has 0 saturated carbocycles. The van der Waals surface area contributed by atoms with Gasteiger partial charge in [0.1, 0.15) is 5.82 Å². The fourth-order valence-electron chi connectivity index (χ4n) is 1.80. The number of benzene rings is 1. The summed E-state index contributed by atoms with van der Waals surface area (Å²) in [6.07, 6.45) is 0.335. The van der Waals surface area contributed by atoms with Gasteiger partial charge in [-0.1, -0.05) is 0 Å². The summed E-state index contributed by atoms with van der Waals surface area (Å²) in [5.41, 5.74) is 1.47. The van der Waals surface area contributed by atoms with Gasteiger partial charge in [0, 0.05) is 33.1 Å². The summed E-state index contributed by atoms with van der Waals surface area (Å²) in [5, 5.41) is 0. The first-order valence-electron chi connectivity index (χ1n) is 5.68. The summed E-state index contributed by atoms with van der Waals surface area (Å²) in [7, 11) is 3.41. The molecule has 0 unspecified atom stereocenters. The van der Waals surface area contributed by atoms with Gasteiger partial charge >= 0.3 is 0 Å². The maximum Gasteiger partial charge on any atom is 0.223 e. The van der Waals surface area contributed by atoms with Crippen LogP contribution in [0.25, 0.3) is 11.0 Å². The Bertz CT molecular complexity index is 692. The number of nitrogens with zero attached hydrogens (tertiary/aromatic N) is 2. The Balaban J connectivity index is 2.38. The van der Waals surface area contributed by atoms with Crippen molar-refractivity contribution in [3.63, 3.8) is 0 Å². The fraction of sp³-hybridized carbons (Fsp3) is 0.333. The van der Waals surface area contributed by atoms with E-state index in [0.717, 1.165) is 5.52 Å². The van der Waals surface area contributed by atoms with Crippen molar-refractivity contribution in [2.24, 2.45) is 0 Å². The van der Waals surface area contributed by atoms with E-state index in [1.54, 1.807) is 24.7 Å². The zero-order valence-electron chi connectivity index (χ0n) is 10.5. The fourth-order valence-corrected chi connectivity index (χ4v) is 2.57. The van der Waals surface area contributed by atoms with Gasteiger partial charge in [0.2, 0.25) is 5.91 Å². The Morgan fingerprint density at radius 3 is 2.84 bits per heavy atom. The molecule has 0 aliphatic heterocycles. The highest BCUT2D eigenvalue weighted by Gasteiger charge is 2.11. The number of amides is 1. The lowest BCUT2D eigenvalue weighted by Gasteiger charge is -2.10. The number of carbonyl (C=O) groups excluding carboxylic acids is 1. The average molecular weight is 393 g/mol. The quantitative estimate of drug-likeness (QED) is 0.644. The molecule has 2 aromatic rings. The summed E-state index contributed by atoms with van der Waals surface area (Å²) < 4.78 is 16.4. The van der Waals surface area contributed by atoms with Crippen LogP contribution < -0.4 is 0 Å². The predicted molar refractivity (Wildman–Crippen MR) is 83.1 cm³/mol. The molecule has 0 aliphatic carbocycles. The van der Waals surface area contributed by atoms with E-state index in [0.29, 0.717) is 26.8 Å². The third-order valence-corrected chi connectivity index (χ3v) is 4.01. The van der Waals surface area contributed by atoms with Crippen LogP contribution in [0.2, 0.25) is 0 Å². The molecule has 4 nitrogen and oxygen atoms in total. The van der Waals surface area contributed by atoms with Crippen LogP contribution in [0.4, 0.5) is 4.39 Å². The number of imidazole rings is 1. The van der Waals surface area contributed by atoms with Gasteiger partial charge in [-0.2, -0.15) is 0 Å². The van der Waals surface area contributed by atoms with Crippen LogP contribution in [0.5, 0.6) is 0 Å².